The first-order valence-corrected chi connectivity index (χ1v) is 11.6. The van der Waals surface area contributed by atoms with E-state index in [1.807, 2.05) is 26.0 Å². The van der Waals surface area contributed by atoms with Gasteiger partial charge in [-0.1, -0.05) is 17.3 Å². The molecule has 8 nitrogen and oxygen atoms in total. The molecule has 2 aromatic carbocycles. The molecule has 2 N–H and O–H groups in total. The van der Waals surface area contributed by atoms with Gasteiger partial charge in [0, 0.05) is 30.8 Å². The monoisotopic (exact) mass is 498 g/mol. The number of aliphatic hydroxyl groups excluding tert-OH is 2. The lowest BCUT2D eigenvalue weighted by molar-refractivity contribution is 0.0604. The Bertz CT molecular complexity index is 1200. The van der Waals surface area contributed by atoms with Gasteiger partial charge in [-0.3, -0.25) is 0 Å². The van der Waals surface area contributed by atoms with Gasteiger partial charge in [0.05, 0.1) is 24.4 Å². The molecule has 1 atom stereocenters. The molecule has 3 aromatic rings. The lowest BCUT2D eigenvalue weighted by Gasteiger charge is -2.21. The van der Waals surface area contributed by atoms with E-state index in [0.29, 0.717) is 35.1 Å². The number of halogens is 1. The first-order valence-electron chi connectivity index (χ1n) is 11.6. The Kier molecular flexibility index (Phi) is 8.87. The van der Waals surface area contributed by atoms with E-state index in [1.54, 1.807) is 12.1 Å². The first kappa shape index (κ1) is 26.6. The van der Waals surface area contributed by atoms with Crippen LogP contribution in [0.15, 0.2) is 34.9 Å². The molecule has 0 radical (unpaired) electrons. The Hall–Kier alpha value is -2.96. The number of hydrogen-bond acceptors (Lipinski definition) is 8. The van der Waals surface area contributed by atoms with E-state index >= 15 is 0 Å². The van der Waals surface area contributed by atoms with Gasteiger partial charge in [-0.25, -0.2) is 0 Å². The van der Waals surface area contributed by atoms with E-state index in [-0.39, 0.29) is 25.1 Å². The Morgan fingerprint density at radius 1 is 1.20 bits per heavy atom. The second-order valence-corrected chi connectivity index (χ2v) is 8.93. The molecule has 0 saturated heterocycles. The number of fused-ring (bicyclic) bond motifs is 1. The van der Waals surface area contributed by atoms with Crippen molar-refractivity contribution < 1.29 is 19.5 Å². The molecule has 0 spiro atoms. The number of hydrogen-bond donors (Lipinski definition) is 2. The average Bonchev–Trinajstić information content (AvgIpc) is 3.22. The van der Waals surface area contributed by atoms with Crippen molar-refractivity contribution in [3.63, 3.8) is 0 Å². The van der Waals surface area contributed by atoms with Crippen LogP contribution in [0.1, 0.15) is 36.1 Å². The molecule has 1 aromatic heterocycles. The molecule has 2 heterocycles. The Morgan fingerprint density at radius 3 is 2.69 bits per heavy atom. The molecule has 1 aliphatic heterocycles. The minimum Gasteiger partial charge on any atom is -0.490 e. The van der Waals surface area contributed by atoms with Crippen LogP contribution in [0.4, 0.5) is 0 Å². The summed E-state index contributed by atoms with van der Waals surface area (Å²) in [6.07, 6.45) is 0.980. The molecule has 1 aliphatic rings. The second-order valence-electron chi connectivity index (χ2n) is 8.93. The number of β-amino-alcohol motifs (C(OH)–C–C–N with tert-alkyl or cyclic N) is 1. The molecule has 4 rings (SSSR count). The van der Waals surface area contributed by atoms with Crippen LogP contribution in [0.5, 0.6) is 5.75 Å². The van der Waals surface area contributed by atoms with Gasteiger partial charge in [-0.15, -0.1) is 12.4 Å². The summed E-state index contributed by atoms with van der Waals surface area (Å²) in [5, 5.41) is 32.7. The fraction of sp³-hybridized carbons (Fsp3) is 0.423. The maximum absolute atomic E-state index is 9.81. The summed E-state index contributed by atoms with van der Waals surface area (Å²) in [6, 6.07) is 11.6. The normalized spacial score (nSPS) is 14.5. The molecular weight excluding hydrogens is 468 g/mol. The molecule has 0 bridgehead atoms. The molecule has 35 heavy (non-hydrogen) atoms. The van der Waals surface area contributed by atoms with Crippen LogP contribution in [-0.2, 0) is 12.8 Å². The van der Waals surface area contributed by atoms with Crippen LogP contribution in [0.3, 0.4) is 0 Å². The van der Waals surface area contributed by atoms with Gasteiger partial charge in [-0.05, 0) is 68.5 Å². The SMILES string of the molecule is Cc1c(-c2noc(-c3ccc(OC(C)C)c(C#N)c3)n2)ccc2c1CCN(C[C@@H](O)CO)CC2.Cl. The third-order valence-electron chi connectivity index (χ3n) is 6.13. The third-order valence-corrected chi connectivity index (χ3v) is 6.13. The summed E-state index contributed by atoms with van der Waals surface area (Å²) >= 11 is 0. The number of aliphatic hydroxyl groups is 2. The van der Waals surface area contributed by atoms with Crippen LogP contribution < -0.4 is 4.74 Å². The predicted octanol–water partition coefficient (Wildman–Crippen LogP) is 3.55. The number of benzene rings is 2. The zero-order valence-corrected chi connectivity index (χ0v) is 21.0. The van der Waals surface area contributed by atoms with Gasteiger partial charge >= 0.3 is 0 Å². The van der Waals surface area contributed by atoms with Crippen molar-refractivity contribution >= 4 is 12.4 Å². The quantitative estimate of drug-likeness (QED) is 0.508. The highest BCUT2D eigenvalue weighted by Gasteiger charge is 2.21. The number of ether oxygens (including phenoxy) is 1. The molecule has 0 fully saturated rings. The summed E-state index contributed by atoms with van der Waals surface area (Å²) in [6.45, 7) is 7.80. The fourth-order valence-electron chi connectivity index (χ4n) is 4.39. The van der Waals surface area contributed by atoms with Gasteiger partial charge in [-0.2, -0.15) is 10.2 Å². The van der Waals surface area contributed by atoms with Gasteiger partial charge in [0.1, 0.15) is 11.8 Å². The highest BCUT2D eigenvalue weighted by atomic mass is 35.5. The Morgan fingerprint density at radius 2 is 1.97 bits per heavy atom. The van der Waals surface area contributed by atoms with Gasteiger partial charge in [0.15, 0.2) is 0 Å². The van der Waals surface area contributed by atoms with E-state index in [2.05, 4.69) is 34.1 Å². The van der Waals surface area contributed by atoms with Crippen LogP contribution in [0.2, 0.25) is 0 Å². The summed E-state index contributed by atoms with van der Waals surface area (Å²) in [7, 11) is 0. The molecule has 0 unspecified atom stereocenters. The molecule has 186 valence electrons. The number of aromatic nitrogens is 2. The standard InChI is InChI=1S/C26H30N4O4.ClH/c1-16(2)33-24-7-5-19(12-20(24)13-27)26-28-25(29-34-26)23-6-4-18-8-10-30(14-21(32)15-31)11-9-22(18)17(23)3;/h4-7,12,16,21,31-32H,8-11,14-15H2,1-3H3;1H/t21-;/m1./s1. The minimum atomic E-state index is -0.719. The molecule has 0 saturated carbocycles. The van der Waals surface area contributed by atoms with Crippen molar-refractivity contribution in [1.82, 2.24) is 15.0 Å². The third kappa shape index (κ3) is 6.00. The van der Waals surface area contributed by atoms with Crippen molar-refractivity contribution in [3.05, 3.63) is 52.6 Å². The van der Waals surface area contributed by atoms with E-state index < -0.39 is 6.10 Å². The van der Waals surface area contributed by atoms with Crippen molar-refractivity contribution in [2.24, 2.45) is 0 Å². The fourth-order valence-corrected chi connectivity index (χ4v) is 4.39. The van der Waals surface area contributed by atoms with Gasteiger partial charge in [0.25, 0.3) is 5.89 Å². The highest BCUT2D eigenvalue weighted by molar-refractivity contribution is 5.85. The summed E-state index contributed by atoms with van der Waals surface area (Å²) in [5.41, 5.74) is 5.67. The maximum atomic E-state index is 9.81. The van der Waals surface area contributed by atoms with Gasteiger partial charge < -0.3 is 24.4 Å². The summed E-state index contributed by atoms with van der Waals surface area (Å²) in [4.78, 5) is 6.80. The summed E-state index contributed by atoms with van der Waals surface area (Å²) < 4.78 is 11.2. The lowest BCUT2D eigenvalue weighted by atomic mass is 9.93. The van der Waals surface area contributed by atoms with Gasteiger partial charge in [0.2, 0.25) is 5.82 Å². The summed E-state index contributed by atoms with van der Waals surface area (Å²) in [5.74, 6) is 1.39. The van der Waals surface area contributed by atoms with Crippen LogP contribution in [0, 0.1) is 18.3 Å². The van der Waals surface area contributed by atoms with Crippen molar-refractivity contribution in [3.8, 4) is 34.7 Å². The molecular formula is C26H31ClN4O4. The molecule has 0 aliphatic carbocycles. The molecule has 0 amide bonds. The number of nitriles is 1. The Balaban J connectivity index is 0.00000342. The van der Waals surface area contributed by atoms with Crippen molar-refractivity contribution in [2.45, 2.75) is 45.8 Å². The average molecular weight is 499 g/mol. The largest absolute Gasteiger partial charge is 0.490 e. The van der Waals surface area contributed by atoms with Crippen LogP contribution in [-0.4, -0.2) is 63.7 Å². The highest BCUT2D eigenvalue weighted by Crippen LogP contribution is 2.31. The van der Waals surface area contributed by atoms with Crippen molar-refractivity contribution in [2.75, 3.05) is 26.2 Å². The van der Waals surface area contributed by atoms with Crippen LogP contribution in [0.25, 0.3) is 22.8 Å². The zero-order valence-electron chi connectivity index (χ0n) is 20.2. The van der Waals surface area contributed by atoms with Crippen molar-refractivity contribution in [1.29, 1.82) is 5.26 Å². The van der Waals surface area contributed by atoms with E-state index in [1.165, 1.54) is 11.1 Å². The number of rotatable bonds is 7. The first-order chi connectivity index (χ1) is 16.4. The zero-order chi connectivity index (χ0) is 24.2. The van der Waals surface area contributed by atoms with E-state index in [4.69, 9.17) is 14.4 Å². The maximum Gasteiger partial charge on any atom is 0.258 e. The molecule has 9 heteroatoms. The van der Waals surface area contributed by atoms with E-state index in [0.717, 1.165) is 37.1 Å². The van der Waals surface area contributed by atoms with E-state index in [9.17, 15) is 10.4 Å². The smallest absolute Gasteiger partial charge is 0.258 e. The predicted molar refractivity (Wildman–Crippen MR) is 135 cm³/mol. The van der Waals surface area contributed by atoms with Crippen LogP contribution >= 0.6 is 12.4 Å². The number of nitrogens with zero attached hydrogens (tertiary/aromatic N) is 4. The Labute approximate surface area is 211 Å². The topological polar surface area (TPSA) is 116 Å². The minimum absolute atomic E-state index is 0. The lowest BCUT2D eigenvalue weighted by Crippen LogP contribution is -2.36. The second kappa shape index (κ2) is 11.6.